The van der Waals surface area contributed by atoms with Gasteiger partial charge >= 0.3 is 0 Å². The van der Waals surface area contributed by atoms with E-state index < -0.39 is 5.82 Å². The number of carbonyl (C=O) groups is 2. The van der Waals surface area contributed by atoms with Gasteiger partial charge in [0, 0.05) is 36.8 Å². The average Bonchev–Trinajstić information content (AvgIpc) is 3.37. The molecule has 202 valence electrons. The van der Waals surface area contributed by atoms with E-state index in [1.807, 2.05) is 0 Å². The number of rotatable bonds is 10. The first-order chi connectivity index (χ1) is 18.3. The molecule has 2 aromatic heterocycles. The maximum absolute atomic E-state index is 13.6. The van der Waals surface area contributed by atoms with Gasteiger partial charge in [-0.3, -0.25) is 9.59 Å². The molecule has 3 aromatic rings. The topological polar surface area (TPSA) is 150 Å². The number of nitrogens with zero attached hydrogens (tertiary/aromatic N) is 5. The number of ether oxygens (including phenoxy) is 1. The van der Waals surface area contributed by atoms with Crippen LogP contribution in [0.2, 0.25) is 0 Å². The normalized spacial score (nSPS) is 17.2. The molecular formula is C26H33FN8O3. The molecule has 1 saturated carbocycles. The predicted molar refractivity (Wildman–Crippen MR) is 137 cm³/mol. The Kier molecular flexibility index (Phi) is 8.95. The molecule has 0 radical (unpaired) electrons. The molecule has 0 bridgehead atoms. The Hall–Kier alpha value is -3.93. The number of nitrogens with two attached hydrogens (primary N) is 1. The van der Waals surface area contributed by atoms with Crippen LogP contribution in [0.25, 0.3) is 11.4 Å². The van der Waals surface area contributed by atoms with E-state index in [0.717, 1.165) is 25.7 Å². The van der Waals surface area contributed by atoms with Gasteiger partial charge in [-0.05, 0) is 73.6 Å². The third kappa shape index (κ3) is 7.09. The summed E-state index contributed by atoms with van der Waals surface area (Å²) in [4.78, 5) is 30.5. The molecule has 11 nitrogen and oxygen atoms in total. The number of nitrogens with one attached hydrogen (secondary N) is 2. The molecule has 0 aliphatic heterocycles. The first-order valence-electron chi connectivity index (χ1n) is 12.7. The van der Waals surface area contributed by atoms with Crippen molar-refractivity contribution >= 4 is 11.8 Å². The van der Waals surface area contributed by atoms with Crippen LogP contribution < -0.4 is 21.1 Å². The molecule has 1 aliphatic rings. The first kappa shape index (κ1) is 27.1. The highest BCUT2D eigenvalue weighted by atomic mass is 19.1. The number of aryl methyl sites for hydroxylation is 1. The van der Waals surface area contributed by atoms with Crippen molar-refractivity contribution in [1.29, 1.82) is 0 Å². The zero-order valence-electron chi connectivity index (χ0n) is 21.6. The fraction of sp³-hybridized carbons (Fsp3) is 0.462. The number of benzene rings is 1. The third-order valence-corrected chi connectivity index (χ3v) is 6.57. The van der Waals surface area contributed by atoms with Crippen molar-refractivity contribution in [2.24, 2.45) is 11.7 Å². The lowest BCUT2D eigenvalue weighted by Crippen LogP contribution is -2.38. The molecule has 0 saturated heterocycles. The average molecular weight is 525 g/mol. The summed E-state index contributed by atoms with van der Waals surface area (Å²) in [5, 5.41) is 18.8. The SMILES string of the molecule is COc1cc(CNC(=O)c2cc(-c3nnn(C[C@H]4CC[C@H](NC(=O)CCN)CC4)n3)cc(C)n2)ccc1F. The smallest absolute Gasteiger partial charge is 0.270 e. The molecule has 4 rings (SSSR count). The highest BCUT2D eigenvalue weighted by Gasteiger charge is 2.23. The second-order valence-electron chi connectivity index (χ2n) is 9.53. The van der Waals surface area contributed by atoms with Crippen molar-refractivity contribution in [2.45, 2.75) is 58.2 Å². The van der Waals surface area contributed by atoms with E-state index in [1.165, 1.54) is 19.2 Å². The van der Waals surface area contributed by atoms with Gasteiger partial charge in [-0.15, -0.1) is 10.2 Å². The van der Waals surface area contributed by atoms with E-state index >= 15 is 0 Å². The molecule has 1 aliphatic carbocycles. The van der Waals surface area contributed by atoms with Crippen molar-refractivity contribution in [3.05, 3.63) is 53.1 Å². The number of carbonyl (C=O) groups excluding carboxylic acids is 2. The van der Waals surface area contributed by atoms with Gasteiger partial charge in [-0.25, -0.2) is 9.37 Å². The van der Waals surface area contributed by atoms with Gasteiger partial charge in [0.2, 0.25) is 11.7 Å². The van der Waals surface area contributed by atoms with Gasteiger partial charge in [-0.2, -0.15) is 4.80 Å². The van der Waals surface area contributed by atoms with Crippen LogP contribution in [0.4, 0.5) is 4.39 Å². The van der Waals surface area contributed by atoms with Crippen molar-refractivity contribution < 1.29 is 18.7 Å². The molecule has 4 N–H and O–H groups in total. The second-order valence-corrected chi connectivity index (χ2v) is 9.53. The zero-order chi connectivity index (χ0) is 27.1. The third-order valence-electron chi connectivity index (χ3n) is 6.57. The van der Waals surface area contributed by atoms with Crippen molar-refractivity contribution in [1.82, 2.24) is 35.8 Å². The number of hydrogen-bond donors (Lipinski definition) is 3. The molecule has 38 heavy (non-hydrogen) atoms. The fourth-order valence-corrected chi connectivity index (χ4v) is 4.59. The highest BCUT2D eigenvalue weighted by molar-refractivity contribution is 5.93. The lowest BCUT2D eigenvalue weighted by molar-refractivity contribution is -0.121. The number of halogens is 1. The van der Waals surface area contributed by atoms with Crippen molar-refractivity contribution in [3.63, 3.8) is 0 Å². The van der Waals surface area contributed by atoms with E-state index in [1.54, 1.807) is 29.9 Å². The van der Waals surface area contributed by atoms with E-state index in [-0.39, 0.29) is 35.8 Å². The maximum atomic E-state index is 13.6. The quantitative estimate of drug-likeness (QED) is 0.365. The standard InChI is InChI=1S/C26H33FN8O3/c1-16-11-19(13-22(30-16)26(37)29-14-18-5-8-21(27)23(12-18)38-2)25-32-34-35(33-25)15-17-3-6-20(7-4-17)31-24(36)9-10-28/h5,8,11-13,17,20H,3-4,6-7,9-10,14-15,28H2,1-2H3,(H,29,37)(H,31,36)/t17-,20-. The first-order valence-corrected chi connectivity index (χ1v) is 12.7. The second kappa shape index (κ2) is 12.5. The molecular weight excluding hydrogens is 491 g/mol. The summed E-state index contributed by atoms with van der Waals surface area (Å²) in [6.45, 7) is 2.97. The molecule has 12 heteroatoms. The van der Waals surface area contributed by atoms with Crippen LogP contribution in [0.15, 0.2) is 30.3 Å². The van der Waals surface area contributed by atoms with E-state index in [0.29, 0.717) is 48.1 Å². The Labute approximate surface area is 220 Å². The minimum atomic E-state index is -0.465. The van der Waals surface area contributed by atoms with Crippen LogP contribution in [0.5, 0.6) is 5.75 Å². The summed E-state index contributed by atoms with van der Waals surface area (Å²) in [7, 11) is 1.39. The number of pyridine rings is 1. The Morgan fingerprint density at radius 3 is 2.71 bits per heavy atom. The fourth-order valence-electron chi connectivity index (χ4n) is 4.59. The van der Waals surface area contributed by atoms with Crippen LogP contribution >= 0.6 is 0 Å². The Balaban J connectivity index is 1.35. The minimum Gasteiger partial charge on any atom is -0.494 e. The number of aromatic nitrogens is 5. The number of hydrogen-bond acceptors (Lipinski definition) is 8. The molecule has 1 aromatic carbocycles. The van der Waals surface area contributed by atoms with E-state index in [2.05, 4.69) is 31.0 Å². The van der Waals surface area contributed by atoms with Gasteiger partial charge in [0.1, 0.15) is 5.69 Å². The molecule has 1 fully saturated rings. The largest absolute Gasteiger partial charge is 0.494 e. The summed E-state index contributed by atoms with van der Waals surface area (Å²) in [6.07, 6.45) is 4.10. The van der Waals surface area contributed by atoms with Gasteiger partial charge in [-0.1, -0.05) is 6.07 Å². The summed E-state index contributed by atoms with van der Waals surface area (Å²) in [6, 6.07) is 8.05. The number of methoxy groups -OCH3 is 1. The van der Waals surface area contributed by atoms with Gasteiger partial charge in [0.25, 0.3) is 5.91 Å². The molecule has 0 unspecified atom stereocenters. The van der Waals surface area contributed by atoms with Crippen LogP contribution in [-0.2, 0) is 17.9 Å². The number of tetrazole rings is 1. The van der Waals surface area contributed by atoms with Crippen LogP contribution in [-0.4, -0.2) is 56.7 Å². The van der Waals surface area contributed by atoms with Gasteiger partial charge < -0.3 is 21.1 Å². The summed E-state index contributed by atoms with van der Waals surface area (Å²) in [5.41, 5.74) is 7.65. The van der Waals surface area contributed by atoms with Crippen molar-refractivity contribution in [2.75, 3.05) is 13.7 Å². The minimum absolute atomic E-state index is 0.00918. The lowest BCUT2D eigenvalue weighted by Gasteiger charge is -2.28. The Morgan fingerprint density at radius 1 is 1.18 bits per heavy atom. The molecule has 2 heterocycles. The Bertz CT molecular complexity index is 1270. The maximum Gasteiger partial charge on any atom is 0.270 e. The lowest BCUT2D eigenvalue weighted by atomic mass is 9.86. The molecule has 0 atom stereocenters. The van der Waals surface area contributed by atoms with Gasteiger partial charge in [0.15, 0.2) is 11.6 Å². The summed E-state index contributed by atoms with van der Waals surface area (Å²) >= 11 is 0. The Morgan fingerprint density at radius 2 is 1.97 bits per heavy atom. The van der Waals surface area contributed by atoms with Crippen LogP contribution in [0, 0.1) is 18.7 Å². The van der Waals surface area contributed by atoms with Crippen LogP contribution in [0.1, 0.15) is 53.8 Å². The van der Waals surface area contributed by atoms with E-state index in [9.17, 15) is 14.0 Å². The number of amides is 2. The van der Waals surface area contributed by atoms with Gasteiger partial charge in [0.05, 0.1) is 13.7 Å². The van der Waals surface area contributed by atoms with Crippen molar-refractivity contribution in [3.8, 4) is 17.1 Å². The van der Waals surface area contributed by atoms with Crippen LogP contribution in [0.3, 0.4) is 0 Å². The van der Waals surface area contributed by atoms with E-state index in [4.69, 9.17) is 10.5 Å². The predicted octanol–water partition coefficient (Wildman–Crippen LogP) is 2.15. The monoisotopic (exact) mass is 524 g/mol. The molecule has 2 amide bonds. The summed E-state index contributed by atoms with van der Waals surface area (Å²) < 4.78 is 18.6. The zero-order valence-corrected chi connectivity index (χ0v) is 21.6. The molecule has 0 spiro atoms. The summed E-state index contributed by atoms with van der Waals surface area (Å²) in [5.74, 6) is 0.0912. The highest BCUT2D eigenvalue weighted by Crippen LogP contribution is 2.26.